The van der Waals surface area contributed by atoms with E-state index in [0.717, 1.165) is 19.4 Å². The van der Waals surface area contributed by atoms with Gasteiger partial charge in [0.15, 0.2) is 0 Å². The summed E-state index contributed by atoms with van der Waals surface area (Å²) in [6.07, 6.45) is 1.02. The van der Waals surface area contributed by atoms with Crippen molar-refractivity contribution in [2.24, 2.45) is 0 Å². The Labute approximate surface area is 109 Å². The largest absolute Gasteiger partial charge is 0.444 e. The van der Waals surface area contributed by atoms with Gasteiger partial charge >= 0.3 is 6.09 Å². The smallest absolute Gasteiger partial charge is 0.410 e. The molecular formula is C12H25N3O3. The van der Waals surface area contributed by atoms with Crippen molar-refractivity contribution >= 4 is 6.09 Å². The van der Waals surface area contributed by atoms with Crippen molar-refractivity contribution in [1.29, 1.82) is 0 Å². The number of piperidine rings is 1. The van der Waals surface area contributed by atoms with Gasteiger partial charge in [0.05, 0.1) is 0 Å². The number of carbonyl (C=O) groups excluding carboxylic acids is 1. The van der Waals surface area contributed by atoms with E-state index in [0.29, 0.717) is 6.54 Å². The lowest BCUT2D eigenvalue weighted by atomic mass is 10.1. The normalized spacial score (nSPS) is 22.7. The highest BCUT2D eigenvalue weighted by Gasteiger charge is 2.27. The summed E-state index contributed by atoms with van der Waals surface area (Å²) in [5.41, 5.74) is 5.31. The Morgan fingerprint density at radius 2 is 2.17 bits per heavy atom. The van der Waals surface area contributed by atoms with Crippen LogP contribution in [0.15, 0.2) is 0 Å². The Balaban J connectivity index is 2.40. The number of amides is 1. The number of hydrogen-bond acceptors (Lipinski definition) is 5. The maximum atomic E-state index is 11.9. The number of rotatable bonds is 3. The second-order valence-corrected chi connectivity index (χ2v) is 5.73. The fraction of sp³-hybridized carbons (Fsp3) is 0.917. The third-order valence-corrected chi connectivity index (χ3v) is 2.57. The van der Waals surface area contributed by atoms with Crippen LogP contribution in [0.4, 0.5) is 4.79 Å². The molecule has 1 saturated heterocycles. The van der Waals surface area contributed by atoms with E-state index in [1.54, 1.807) is 11.8 Å². The van der Waals surface area contributed by atoms with Crippen molar-refractivity contribution < 1.29 is 14.6 Å². The summed E-state index contributed by atoms with van der Waals surface area (Å²) in [5.74, 6) is 0. The Hall–Kier alpha value is -0.850. The number of aliphatic hydroxyl groups excluding tert-OH is 1. The van der Waals surface area contributed by atoms with Crippen LogP contribution in [0.2, 0.25) is 0 Å². The zero-order valence-corrected chi connectivity index (χ0v) is 11.7. The van der Waals surface area contributed by atoms with Gasteiger partial charge in [-0.25, -0.2) is 10.2 Å². The summed E-state index contributed by atoms with van der Waals surface area (Å²) < 4.78 is 5.34. The zero-order chi connectivity index (χ0) is 13.8. The highest BCUT2D eigenvalue weighted by molar-refractivity contribution is 5.68. The molecule has 0 spiro atoms. The third kappa shape index (κ3) is 5.66. The van der Waals surface area contributed by atoms with Gasteiger partial charge in [-0.05, 0) is 40.5 Å². The van der Waals surface area contributed by atoms with Gasteiger partial charge in [0.25, 0.3) is 0 Å². The van der Waals surface area contributed by atoms with Gasteiger partial charge < -0.3 is 14.7 Å². The molecule has 0 bridgehead atoms. The second-order valence-electron chi connectivity index (χ2n) is 5.73. The van der Waals surface area contributed by atoms with Crippen LogP contribution in [0.1, 0.15) is 40.5 Å². The fourth-order valence-corrected chi connectivity index (χ4v) is 1.83. The van der Waals surface area contributed by atoms with E-state index < -0.39 is 11.8 Å². The van der Waals surface area contributed by atoms with E-state index in [4.69, 9.17) is 9.84 Å². The molecule has 1 heterocycles. The average molecular weight is 259 g/mol. The van der Waals surface area contributed by atoms with Crippen molar-refractivity contribution in [3.63, 3.8) is 0 Å². The first-order chi connectivity index (χ1) is 8.28. The number of ether oxygens (including phenoxy) is 1. The molecule has 2 atom stereocenters. The van der Waals surface area contributed by atoms with Gasteiger partial charge in [-0.15, -0.1) is 0 Å². The van der Waals surface area contributed by atoms with Gasteiger partial charge in [-0.2, -0.15) is 0 Å². The molecule has 1 aliphatic heterocycles. The van der Waals surface area contributed by atoms with Gasteiger partial charge in [0, 0.05) is 19.1 Å². The summed E-state index contributed by atoms with van der Waals surface area (Å²) in [7, 11) is 0. The topological polar surface area (TPSA) is 73.8 Å². The quantitative estimate of drug-likeness (QED) is 0.517. The summed E-state index contributed by atoms with van der Waals surface area (Å²) in [4.78, 5) is 13.6. The van der Waals surface area contributed by atoms with Crippen LogP contribution in [0.3, 0.4) is 0 Å². The number of carbonyl (C=O) groups is 1. The molecule has 1 rings (SSSR count). The molecule has 1 aliphatic rings. The zero-order valence-electron chi connectivity index (χ0n) is 11.7. The monoisotopic (exact) mass is 259 g/mol. The van der Waals surface area contributed by atoms with Gasteiger partial charge in [0.1, 0.15) is 11.8 Å². The summed E-state index contributed by atoms with van der Waals surface area (Å²) in [6, 6.07) is 0.140. The van der Waals surface area contributed by atoms with E-state index in [1.807, 2.05) is 20.8 Å². The van der Waals surface area contributed by atoms with Crippen molar-refractivity contribution in [2.75, 3.05) is 13.1 Å². The number of nitrogens with one attached hydrogen (secondary N) is 2. The summed E-state index contributed by atoms with van der Waals surface area (Å²) in [6.45, 7) is 8.54. The Morgan fingerprint density at radius 1 is 1.50 bits per heavy atom. The molecule has 0 aliphatic carbocycles. The standard InChI is InChI=1S/C12H25N3O3/c1-9(16)13-14-10-6-5-7-15(8-10)11(17)18-12(2,3)4/h9-10,13-14,16H,5-8H2,1-4H3/t9?,10-/m1/s1. The molecule has 106 valence electrons. The molecule has 1 fully saturated rings. The predicted molar refractivity (Wildman–Crippen MR) is 68.8 cm³/mol. The molecule has 0 saturated carbocycles. The van der Waals surface area contributed by atoms with Gasteiger partial charge in [0.2, 0.25) is 0 Å². The summed E-state index contributed by atoms with van der Waals surface area (Å²) >= 11 is 0. The number of nitrogens with zero attached hydrogens (tertiary/aromatic N) is 1. The molecule has 3 N–H and O–H groups in total. The van der Waals surface area contributed by atoms with Crippen LogP contribution < -0.4 is 10.9 Å². The van der Waals surface area contributed by atoms with Crippen LogP contribution in [-0.2, 0) is 4.74 Å². The Bertz CT molecular complexity index is 276. The first-order valence-corrected chi connectivity index (χ1v) is 6.45. The third-order valence-electron chi connectivity index (χ3n) is 2.57. The van der Waals surface area contributed by atoms with Crippen LogP contribution in [0.25, 0.3) is 0 Å². The van der Waals surface area contributed by atoms with E-state index in [-0.39, 0.29) is 12.1 Å². The fourth-order valence-electron chi connectivity index (χ4n) is 1.83. The molecule has 0 aromatic carbocycles. The SMILES string of the molecule is CC(O)NN[C@@H]1CCCN(C(=O)OC(C)(C)C)C1. The molecule has 0 aromatic heterocycles. The molecule has 6 nitrogen and oxygen atoms in total. The molecule has 0 radical (unpaired) electrons. The second kappa shape index (κ2) is 6.36. The van der Waals surface area contributed by atoms with Crippen molar-refractivity contribution in [3.8, 4) is 0 Å². The van der Waals surface area contributed by atoms with E-state index in [9.17, 15) is 4.79 Å². The minimum absolute atomic E-state index is 0.140. The van der Waals surface area contributed by atoms with Gasteiger partial charge in [-0.3, -0.25) is 5.43 Å². The lowest BCUT2D eigenvalue weighted by Gasteiger charge is -2.34. The number of hydrazine groups is 1. The predicted octanol–water partition coefficient (Wildman–Crippen LogP) is 0.818. The highest BCUT2D eigenvalue weighted by Crippen LogP contribution is 2.15. The molecule has 6 heteroatoms. The van der Waals surface area contributed by atoms with Crippen molar-refractivity contribution in [3.05, 3.63) is 0 Å². The first-order valence-electron chi connectivity index (χ1n) is 6.45. The van der Waals surface area contributed by atoms with E-state index in [2.05, 4.69) is 10.9 Å². The van der Waals surface area contributed by atoms with Crippen LogP contribution in [0, 0.1) is 0 Å². The average Bonchev–Trinajstić information content (AvgIpc) is 2.24. The van der Waals surface area contributed by atoms with E-state index >= 15 is 0 Å². The van der Waals surface area contributed by atoms with Crippen molar-refractivity contribution in [1.82, 2.24) is 15.8 Å². The number of likely N-dealkylation sites (tertiary alicyclic amines) is 1. The summed E-state index contributed by atoms with van der Waals surface area (Å²) in [5, 5.41) is 9.13. The Morgan fingerprint density at radius 3 is 2.72 bits per heavy atom. The lowest BCUT2D eigenvalue weighted by molar-refractivity contribution is 0.0170. The molecule has 0 aromatic rings. The molecule has 18 heavy (non-hydrogen) atoms. The minimum Gasteiger partial charge on any atom is -0.444 e. The van der Waals surface area contributed by atoms with Crippen LogP contribution in [-0.4, -0.2) is 47.1 Å². The maximum Gasteiger partial charge on any atom is 0.410 e. The molecule has 1 unspecified atom stereocenters. The number of hydrogen-bond donors (Lipinski definition) is 3. The highest BCUT2D eigenvalue weighted by atomic mass is 16.6. The van der Waals surface area contributed by atoms with Crippen LogP contribution >= 0.6 is 0 Å². The van der Waals surface area contributed by atoms with Gasteiger partial charge in [-0.1, -0.05) is 0 Å². The number of aliphatic hydroxyl groups is 1. The lowest BCUT2D eigenvalue weighted by Crippen LogP contribution is -2.54. The first kappa shape index (κ1) is 15.2. The molecular weight excluding hydrogens is 234 g/mol. The van der Waals surface area contributed by atoms with Crippen molar-refractivity contribution in [2.45, 2.75) is 58.4 Å². The Kier molecular flexibility index (Phi) is 5.37. The van der Waals surface area contributed by atoms with Crippen LogP contribution in [0.5, 0.6) is 0 Å². The maximum absolute atomic E-state index is 11.9. The van der Waals surface area contributed by atoms with E-state index in [1.165, 1.54) is 0 Å². The molecule has 1 amide bonds. The minimum atomic E-state index is -0.609.